The van der Waals surface area contributed by atoms with Crippen LogP contribution in [-0.4, -0.2) is 32.9 Å². The van der Waals surface area contributed by atoms with E-state index in [1.807, 2.05) is 13.8 Å². The van der Waals surface area contributed by atoms with Crippen molar-refractivity contribution in [3.8, 4) is 11.3 Å². The van der Waals surface area contributed by atoms with Gasteiger partial charge in [-0.1, -0.05) is 28.9 Å². The molecule has 0 saturated heterocycles. The molecule has 1 aromatic carbocycles. The summed E-state index contributed by atoms with van der Waals surface area (Å²) in [4.78, 5) is 24.4. The van der Waals surface area contributed by atoms with Gasteiger partial charge in [0.2, 0.25) is 5.91 Å². The number of hydrogen-bond donors (Lipinski definition) is 3. The average molecular weight is 513 g/mol. The van der Waals surface area contributed by atoms with E-state index in [9.17, 15) is 22.8 Å². The van der Waals surface area contributed by atoms with Gasteiger partial charge in [0.15, 0.2) is 11.6 Å². The number of rotatable bonds is 7. The number of aromatic nitrogens is 3. The fraction of sp³-hybridized carbons (Fsp3) is 0.364. The number of nitrogens with one attached hydrogen (secondary N) is 1. The summed E-state index contributed by atoms with van der Waals surface area (Å²) < 4.78 is 45.8. The predicted octanol–water partition coefficient (Wildman–Crippen LogP) is 4.47. The van der Waals surface area contributed by atoms with Crippen molar-refractivity contribution in [3.05, 3.63) is 46.2 Å². The number of hydrogen-bond acceptors (Lipinski definition) is 6. The number of carbonyl (C=O) groups excluding carboxylic acids is 2. The van der Waals surface area contributed by atoms with Gasteiger partial charge in [-0.25, -0.2) is 4.68 Å². The van der Waals surface area contributed by atoms with Crippen LogP contribution in [0.3, 0.4) is 0 Å². The third kappa shape index (κ3) is 5.11. The number of carbonyl (C=O) groups is 2. The number of amides is 2. The standard InChI is InChI=1S/C22H24ClF3N6O3/c1-10(2)32-19(27)17(20(28)34)18(30-32)12-6-5-11(13(23)7-12)8-16(33)29-15-9-14(35-31-15)21(3,4)22(24,25)26/h5-7,9-10H,8,27H2,1-4H3,(H2,28,34)(H,29,31,33). The highest BCUT2D eigenvalue weighted by molar-refractivity contribution is 6.32. The molecule has 0 fully saturated rings. The Morgan fingerprint density at radius 2 is 1.89 bits per heavy atom. The van der Waals surface area contributed by atoms with Crippen molar-refractivity contribution in [1.29, 1.82) is 0 Å². The van der Waals surface area contributed by atoms with Gasteiger partial charge in [-0.3, -0.25) is 9.59 Å². The van der Waals surface area contributed by atoms with Crippen molar-refractivity contribution >= 4 is 35.1 Å². The Morgan fingerprint density at radius 3 is 2.43 bits per heavy atom. The number of benzene rings is 1. The Balaban J connectivity index is 1.80. The summed E-state index contributed by atoms with van der Waals surface area (Å²) in [5.74, 6) is -1.79. The summed E-state index contributed by atoms with van der Waals surface area (Å²) in [6, 6.07) is 5.58. The highest BCUT2D eigenvalue weighted by Crippen LogP contribution is 2.41. The van der Waals surface area contributed by atoms with Crippen molar-refractivity contribution in [2.75, 3.05) is 11.1 Å². The average Bonchev–Trinajstić information content (AvgIpc) is 3.33. The number of nitrogens with two attached hydrogens (primary N) is 2. The van der Waals surface area contributed by atoms with E-state index in [1.54, 1.807) is 12.1 Å². The van der Waals surface area contributed by atoms with Crippen molar-refractivity contribution in [2.24, 2.45) is 5.73 Å². The van der Waals surface area contributed by atoms with Crippen LogP contribution in [0, 0.1) is 0 Å². The number of nitrogen functional groups attached to an aromatic ring is 1. The van der Waals surface area contributed by atoms with Crippen LogP contribution in [0.4, 0.5) is 24.8 Å². The third-order valence-corrected chi connectivity index (χ3v) is 5.81. The number of nitrogens with zero attached hydrogens (tertiary/aromatic N) is 3. The van der Waals surface area contributed by atoms with E-state index in [1.165, 1.54) is 10.7 Å². The topological polar surface area (TPSA) is 142 Å². The maximum absolute atomic E-state index is 13.2. The summed E-state index contributed by atoms with van der Waals surface area (Å²) in [6.07, 6.45) is -4.76. The van der Waals surface area contributed by atoms with E-state index in [0.717, 1.165) is 19.9 Å². The molecule has 13 heteroatoms. The molecule has 2 heterocycles. The second kappa shape index (κ2) is 9.25. The summed E-state index contributed by atoms with van der Waals surface area (Å²) in [6.45, 7) is 5.58. The zero-order valence-corrected chi connectivity index (χ0v) is 20.1. The van der Waals surface area contributed by atoms with Gasteiger partial charge in [0.25, 0.3) is 5.91 Å². The lowest BCUT2D eigenvalue weighted by Gasteiger charge is -2.24. The third-order valence-electron chi connectivity index (χ3n) is 5.46. The minimum absolute atomic E-state index is 0.0591. The summed E-state index contributed by atoms with van der Waals surface area (Å²) >= 11 is 6.36. The van der Waals surface area contributed by atoms with Crippen molar-refractivity contribution < 1.29 is 27.3 Å². The van der Waals surface area contributed by atoms with Crippen LogP contribution < -0.4 is 16.8 Å². The minimum atomic E-state index is -4.56. The Labute approximate surface area is 203 Å². The molecule has 5 N–H and O–H groups in total. The van der Waals surface area contributed by atoms with Gasteiger partial charge in [0.05, 0.1) is 6.42 Å². The van der Waals surface area contributed by atoms with E-state index >= 15 is 0 Å². The molecule has 0 aliphatic carbocycles. The van der Waals surface area contributed by atoms with Gasteiger partial charge in [-0.05, 0) is 39.3 Å². The van der Waals surface area contributed by atoms with E-state index in [2.05, 4.69) is 15.6 Å². The molecule has 0 unspecified atom stereocenters. The van der Waals surface area contributed by atoms with Crippen LogP contribution in [-0.2, 0) is 16.6 Å². The molecule has 188 valence electrons. The SMILES string of the molecule is CC(C)n1nc(-c2ccc(CC(=O)Nc3cc(C(C)(C)C(F)(F)F)on3)c(Cl)c2)c(C(N)=O)c1N. The minimum Gasteiger partial charge on any atom is -0.383 e. The van der Waals surface area contributed by atoms with Crippen LogP contribution >= 0.6 is 11.6 Å². The molecule has 9 nitrogen and oxygen atoms in total. The molecule has 0 bridgehead atoms. The largest absolute Gasteiger partial charge is 0.401 e. The lowest BCUT2D eigenvalue weighted by atomic mass is 9.89. The first-order chi connectivity index (χ1) is 16.1. The zero-order valence-electron chi connectivity index (χ0n) is 19.3. The van der Waals surface area contributed by atoms with E-state index in [-0.39, 0.29) is 40.4 Å². The first-order valence-corrected chi connectivity index (χ1v) is 10.8. The molecule has 0 spiro atoms. The first-order valence-electron chi connectivity index (χ1n) is 10.4. The Hall–Kier alpha value is -3.54. The zero-order chi connectivity index (χ0) is 26.3. The molecule has 2 amide bonds. The molecule has 0 atom stereocenters. The Morgan fingerprint density at radius 1 is 1.23 bits per heavy atom. The number of alkyl halides is 3. The van der Waals surface area contributed by atoms with Crippen LogP contribution in [0.15, 0.2) is 28.8 Å². The molecule has 0 radical (unpaired) electrons. The van der Waals surface area contributed by atoms with Gasteiger partial charge < -0.3 is 21.3 Å². The number of halogens is 4. The number of primary amides is 1. The van der Waals surface area contributed by atoms with Gasteiger partial charge in [0, 0.05) is 22.7 Å². The Kier molecular flexibility index (Phi) is 6.89. The molecule has 35 heavy (non-hydrogen) atoms. The summed E-state index contributed by atoms with van der Waals surface area (Å²) in [5.41, 5.74) is 10.5. The molecule has 3 aromatic rings. The van der Waals surface area contributed by atoms with E-state index in [0.29, 0.717) is 11.1 Å². The van der Waals surface area contributed by atoms with Crippen LogP contribution in [0.1, 0.15) is 55.4 Å². The number of anilines is 2. The highest BCUT2D eigenvalue weighted by atomic mass is 35.5. The lowest BCUT2D eigenvalue weighted by Crippen LogP contribution is -2.35. The molecular formula is C22H24ClF3N6O3. The normalized spacial score (nSPS) is 12.3. The molecular weight excluding hydrogens is 489 g/mol. The van der Waals surface area contributed by atoms with E-state index < -0.39 is 29.2 Å². The maximum Gasteiger partial charge on any atom is 0.401 e. The van der Waals surface area contributed by atoms with Gasteiger partial charge in [0.1, 0.15) is 22.5 Å². The fourth-order valence-corrected chi connectivity index (χ4v) is 3.50. The summed E-state index contributed by atoms with van der Waals surface area (Å²) in [5, 5.41) is 10.5. The molecule has 2 aromatic heterocycles. The molecule has 0 aliphatic rings. The van der Waals surface area contributed by atoms with E-state index in [4.69, 9.17) is 27.6 Å². The van der Waals surface area contributed by atoms with Gasteiger partial charge in [-0.15, -0.1) is 0 Å². The monoisotopic (exact) mass is 512 g/mol. The highest BCUT2D eigenvalue weighted by Gasteiger charge is 2.51. The smallest absolute Gasteiger partial charge is 0.383 e. The van der Waals surface area contributed by atoms with Crippen LogP contribution in [0.2, 0.25) is 5.02 Å². The predicted molar refractivity (Wildman–Crippen MR) is 124 cm³/mol. The van der Waals surface area contributed by atoms with Crippen molar-refractivity contribution in [3.63, 3.8) is 0 Å². The van der Waals surface area contributed by atoms with Gasteiger partial charge >= 0.3 is 6.18 Å². The van der Waals surface area contributed by atoms with Crippen LogP contribution in [0.5, 0.6) is 0 Å². The second-order valence-corrected chi connectivity index (χ2v) is 9.15. The van der Waals surface area contributed by atoms with Crippen molar-refractivity contribution in [2.45, 2.75) is 51.7 Å². The maximum atomic E-state index is 13.2. The first kappa shape index (κ1) is 26.1. The quantitative estimate of drug-likeness (QED) is 0.426. The molecule has 3 rings (SSSR count). The van der Waals surface area contributed by atoms with Crippen LogP contribution in [0.25, 0.3) is 11.3 Å². The van der Waals surface area contributed by atoms with Crippen molar-refractivity contribution in [1.82, 2.24) is 14.9 Å². The summed E-state index contributed by atoms with van der Waals surface area (Å²) in [7, 11) is 0. The van der Waals surface area contributed by atoms with Gasteiger partial charge in [-0.2, -0.15) is 18.3 Å². The Bertz CT molecular complexity index is 1280. The molecule has 0 aliphatic heterocycles. The fourth-order valence-electron chi connectivity index (χ4n) is 3.25. The second-order valence-electron chi connectivity index (χ2n) is 8.74. The molecule has 0 saturated carbocycles. The lowest BCUT2D eigenvalue weighted by molar-refractivity contribution is -0.185.